The molecule has 2 aromatic heterocycles. The molecule has 2 rings (SSSR count). The second-order valence-corrected chi connectivity index (χ2v) is 4.71. The Balaban J connectivity index is 2.28. The number of nitrogens with one attached hydrogen (secondary N) is 1. The van der Waals surface area contributed by atoms with Crippen LogP contribution < -0.4 is 5.32 Å². The molecule has 2 aromatic rings. The van der Waals surface area contributed by atoms with Crippen LogP contribution in [-0.2, 0) is 13.6 Å². The molecule has 1 N–H and O–H groups in total. The van der Waals surface area contributed by atoms with Gasteiger partial charge in [-0.25, -0.2) is 4.68 Å². The maximum Gasteiger partial charge on any atom is 0.334 e. The van der Waals surface area contributed by atoms with Gasteiger partial charge in [0.25, 0.3) is 0 Å². The Hall–Kier alpha value is -2.45. The van der Waals surface area contributed by atoms with E-state index in [0.29, 0.717) is 23.2 Å². The average Bonchev–Trinajstić information content (AvgIpc) is 2.90. The molecule has 9 heteroatoms. The lowest BCUT2D eigenvalue weighted by atomic mass is 10.1. The summed E-state index contributed by atoms with van der Waals surface area (Å²) in [4.78, 5) is 14.8. The van der Waals surface area contributed by atoms with Crippen molar-refractivity contribution in [3.05, 3.63) is 27.5 Å². The molecule has 0 aromatic carbocycles. The van der Waals surface area contributed by atoms with Gasteiger partial charge in [0, 0.05) is 13.0 Å². The number of anilines is 1. The fourth-order valence-corrected chi connectivity index (χ4v) is 1.87. The summed E-state index contributed by atoms with van der Waals surface area (Å²) in [7, 11) is 1.65. The Bertz CT molecular complexity index is 630. The van der Waals surface area contributed by atoms with Crippen LogP contribution in [0.1, 0.15) is 37.2 Å². The van der Waals surface area contributed by atoms with Crippen molar-refractivity contribution in [2.45, 2.75) is 33.2 Å². The van der Waals surface area contributed by atoms with E-state index in [1.54, 1.807) is 14.0 Å². The normalized spacial score (nSPS) is 11.1. The largest absolute Gasteiger partial charge is 0.355 e. The van der Waals surface area contributed by atoms with Crippen LogP contribution in [0.2, 0.25) is 0 Å². The minimum absolute atomic E-state index is 0.0151. The Morgan fingerprint density at radius 3 is 2.70 bits per heavy atom. The summed E-state index contributed by atoms with van der Waals surface area (Å²) in [6.45, 7) is 5.64. The highest BCUT2D eigenvalue weighted by Gasteiger charge is 2.28. The summed E-state index contributed by atoms with van der Waals surface area (Å²) >= 11 is 0. The van der Waals surface area contributed by atoms with E-state index in [4.69, 9.17) is 4.52 Å². The van der Waals surface area contributed by atoms with Crippen LogP contribution in [0.3, 0.4) is 0 Å². The van der Waals surface area contributed by atoms with Gasteiger partial charge in [0.15, 0.2) is 5.82 Å². The van der Waals surface area contributed by atoms with Gasteiger partial charge in [0.05, 0.1) is 11.5 Å². The summed E-state index contributed by atoms with van der Waals surface area (Å²) in [5.41, 5.74) is 0.431. The maximum absolute atomic E-state index is 11.2. The van der Waals surface area contributed by atoms with Crippen LogP contribution in [0, 0.1) is 17.0 Å². The topological polar surface area (TPSA) is 112 Å². The zero-order valence-electron chi connectivity index (χ0n) is 11.7. The maximum atomic E-state index is 11.2. The van der Waals surface area contributed by atoms with Crippen LogP contribution in [0.4, 0.5) is 11.5 Å². The van der Waals surface area contributed by atoms with Crippen LogP contribution >= 0.6 is 0 Å². The molecule has 0 unspecified atom stereocenters. The van der Waals surface area contributed by atoms with Gasteiger partial charge in [0.1, 0.15) is 5.69 Å². The minimum atomic E-state index is -0.427. The van der Waals surface area contributed by atoms with Gasteiger partial charge in [-0.1, -0.05) is 19.0 Å². The van der Waals surface area contributed by atoms with Crippen LogP contribution in [0.25, 0.3) is 0 Å². The molecule has 0 radical (unpaired) electrons. The third kappa shape index (κ3) is 2.60. The molecular formula is C11H16N6O3. The summed E-state index contributed by atoms with van der Waals surface area (Å²) < 4.78 is 6.41. The molecule has 2 heterocycles. The van der Waals surface area contributed by atoms with Gasteiger partial charge < -0.3 is 9.84 Å². The van der Waals surface area contributed by atoms with Crippen molar-refractivity contribution >= 4 is 11.5 Å². The van der Waals surface area contributed by atoms with Gasteiger partial charge in [-0.2, -0.15) is 10.1 Å². The molecule has 20 heavy (non-hydrogen) atoms. The zero-order valence-corrected chi connectivity index (χ0v) is 11.7. The smallest absolute Gasteiger partial charge is 0.334 e. The third-order valence-corrected chi connectivity index (χ3v) is 2.75. The van der Waals surface area contributed by atoms with Crippen molar-refractivity contribution in [2.75, 3.05) is 5.32 Å². The van der Waals surface area contributed by atoms with E-state index in [1.807, 2.05) is 13.8 Å². The quantitative estimate of drug-likeness (QED) is 0.655. The fraction of sp³-hybridized carbons (Fsp3) is 0.545. The molecule has 0 amide bonds. The van der Waals surface area contributed by atoms with Gasteiger partial charge in [0.2, 0.25) is 11.7 Å². The molecule has 108 valence electrons. The first-order valence-corrected chi connectivity index (χ1v) is 6.14. The number of aromatic nitrogens is 4. The molecule has 0 aliphatic rings. The average molecular weight is 280 g/mol. The third-order valence-electron chi connectivity index (χ3n) is 2.75. The van der Waals surface area contributed by atoms with Crippen molar-refractivity contribution in [3.63, 3.8) is 0 Å². The molecule has 0 atom stereocenters. The number of hydrogen-bond acceptors (Lipinski definition) is 7. The van der Waals surface area contributed by atoms with Gasteiger partial charge >= 0.3 is 5.69 Å². The van der Waals surface area contributed by atoms with Crippen LogP contribution in [-0.4, -0.2) is 24.8 Å². The van der Waals surface area contributed by atoms with Crippen LogP contribution in [0.5, 0.6) is 0 Å². The van der Waals surface area contributed by atoms with Crippen molar-refractivity contribution in [2.24, 2.45) is 7.05 Å². The molecule has 0 aliphatic heterocycles. The lowest BCUT2D eigenvalue weighted by Crippen LogP contribution is -2.06. The molecule has 0 spiro atoms. The number of aryl methyl sites for hydroxylation is 2. The molecule has 0 fully saturated rings. The first kappa shape index (κ1) is 14.0. The number of nitro groups is 1. The highest BCUT2D eigenvalue weighted by atomic mass is 16.6. The molecular weight excluding hydrogens is 264 g/mol. The lowest BCUT2D eigenvalue weighted by Gasteiger charge is -2.03. The Morgan fingerprint density at radius 2 is 2.20 bits per heavy atom. The summed E-state index contributed by atoms with van der Waals surface area (Å²) in [5, 5.41) is 22.0. The fourth-order valence-electron chi connectivity index (χ4n) is 1.87. The molecule has 0 saturated carbocycles. The van der Waals surface area contributed by atoms with Crippen molar-refractivity contribution in [1.82, 2.24) is 19.9 Å². The predicted octanol–water partition coefficient (Wildman–Crippen LogP) is 1.76. The predicted molar refractivity (Wildman–Crippen MR) is 70.3 cm³/mol. The first-order valence-electron chi connectivity index (χ1n) is 6.14. The second-order valence-electron chi connectivity index (χ2n) is 4.71. The Labute approximate surface area is 115 Å². The van der Waals surface area contributed by atoms with E-state index in [0.717, 1.165) is 0 Å². The minimum Gasteiger partial charge on any atom is -0.355 e. The standard InChI is InChI=1S/C11H16N6O3/c1-6(2)9-10(17(18)19)11(16(4)14-9)12-5-8-13-7(3)15-20-8/h6,12H,5H2,1-4H3. The number of nitrogens with zero attached hydrogens (tertiary/aromatic N) is 5. The lowest BCUT2D eigenvalue weighted by molar-refractivity contribution is -0.384. The van der Waals surface area contributed by atoms with Crippen molar-refractivity contribution < 1.29 is 9.45 Å². The Morgan fingerprint density at radius 1 is 1.50 bits per heavy atom. The van der Waals surface area contributed by atoms with Crippen LogP contribution in [0.15, 0.2) is 4.52 Å². The molecule has 9 nitrogen and oxygen atoms in total. The number of hydrogen-bond donors (Lipinski definition) is 1. The zero-order chi connectivity index (χ0) is 14.9. The number of rotatable bonds is 5. The monoisotopic (exact) mass is 280 g/mol. The van der Waals surface area contributed by atoms with E-state index in [-0.39, 0.29) is 18.2 Å². The SMILES string of the molecule is Cc1noc(CNc2c([N+](=O)[O-])c(C(C)C)nn2C)n1. The summed E-state index contributed by atoms with van der Waals surface area (Å²) in [6, 6.07) is 0. The van der Waals surface area contributed by atoms with E-state index in [9.17, 15) is 10.1 Å². The van der Waals surface area contributed by atoms with E-state index in [1.165, 1.54) is 4.68 Å². The first-order chi connectivity index (χ1) is 9.40. The Kier molecular flexibility index (Phi) is 3.68. The highest BCUT2D eigenvalue weighted by molar-refractivity contribution is 5.60. The van der Waals surface area contributed by atoms with Gasteiger partial charge in [-0.3, -0.25) is 10.1 Å². The summed E-state index contributed by atoms with van der Waals surface area (Å²) in [5.74, 6) is 1.17. The second kappa shape index (κ2) is 5.27. The van der Waals surface area contributed by atoms with Gasteiger partial charge in [-0.15, -0.1) is 0 Å². The molecule has 0 aliphatic carbocycles. The van der Waals surface area contributed by atoms with E-state index in [2.05, 4.69) is 20.6 Å². The van der Waals surface area contributed by atoms with E-state index >= 15 is 0 Å². The van der Waals surface area contributed by atoms with E-state index < -0.39 is 4.92 Å². The molecule has 0 bridgehead atoms. The highest BCUT2D eigenvalue weighted by Crippen LogP contribution is 2.32. The van der Waals surface area contributed by atoms with Crippen molar-refractivity contribution in [1.29, 1.82) is 0 Å². The van der Waals surface area contributed by atoms with Crippen molar-refractivity contribution in [3.8, 4) is 0 Å². The molecule has 0 saturated heterocycles. The van der Waals surface area contributed by atoms with Gasteiger partial charge in [-0.05, 0) is 6.92 Å². The summed E-state index contributed by atoms with van der Waals surface area (Å²) in [6.07, 6.45) is 0.